The van der Waals surface area contributed by atoms with Crippen molar-refractivity contribution in [1.82, 2.24) is 4.31 Å². The van der Waals surface area contributed by atoms with Crippen LogP contribution in [0.2, 0.25) is 0 Å². The van der Waals surface area contributed by atoms with Crippen LogP contribution in [0.3, 0.4) is 0 Å². The predicted molar refractivity (Wildman–Crippen MR) is 63.7 cm³/mol. The van der Waals surface area contributed by atoms with Gasteiger partial charge < -0.3 is 10.5 Å². The third-order valence-electron chi connectivity index (χ3n) is 3.54. The molecule has 1 fully saturated rings. The fourth-order valence-corrected chi connectivity index (χ4v) is 3.80. The van der Waals surface area contributed by atoms with Crippen molar-refractivity contribution in [3.8, 4) is 0 Å². The summed E-state index contributed by atoms with van der Waals surface area (Å²) in [7, 11) is -0.102. The van der Waals surface area contributed by atoms with E-state index in [1.807, 2.05) is 0 Å². The Morgan fingerprint density at radius 3 is 2.38 bits per heavy atom. The fourth-order valence-electron chi connectivity index (χ4n) is 2.30. The minimum Gasteiger partial charge on any atom is -0.384 e. The summed E-state index contributed by atoms with van der Waals surface area (Å²) >= 11 is 0. The molecule has 1 rings (SSSR count). The SMILES string of the molecule is COCCS(=O)(=O)N(C)C1(CN)CCCC1. The van der Waals surface area contributed by atoms with Crippen molar-refractivity contribution in [3.05, 3.63) is 0 Å². The summed E-state index contributed by atoms with van der Waals surface area (Å²) in [5, 5.41) is 0. The molecule has 0 aromatic carbocycles. The van der Waals surface area contributed by atoms with Crippen molar-refractivity contribution in [2.75, 3.05) is 33.1 Å². The van der Waals surface area contributed by atoms with Crippen LogP contribution in [0.15, 0.2) is 0 Å². The van der Waals surface area contributed by atoms with Gasteiger partial charge in [-0.2, -0.15) is 4.31 Å². The van der Waals surface area contributed by atoms with Crippen LogP contribution in [0.1, 0.15) is 25.7 Å². The van der Waals surface area contributed by atoms with Crippen LogP contribution >= 0.6 is 0 Å². The van der Waals surface area contributed by atoms with Gasteiger partial charge in [-0.3, -0.25) is 0 Å². The molecule has 0 amide bonds. The Morgan fingerprint density at radius 2 is 1.94 bits per heavy atom. The first-order chi connectivity index (χ1) is 7.48. The molecule has 0 aromatic heterocycles. The van der Waals surface area contributed by atoms with Crippen LogP contribution in [-0.4, -0.2) is 51.3 Å². The molecule has 0 aliphatic heterocycles. The van der Waals surface area contributed by atoms with Crippen molar-refractivity contribution in [2.24, 2.45) is 5.73 Å². The van der Waals surface area contributed by atoms with Crippen molar-refractivity contribution >= 4 is 10.0 Å². The molecule has 1 saturated carbocycles. The molecule has 0 spiro atoms. The van der Waals surface area contributed by atoms with Gasteiger partial charge in [-0.1, -0.05) is 12.8 Å². The zero-order chi connectivity index (χ0) is 12.2. The van der Waals surface area contributed by atoms with Crippen LogP contribution in [-0.2, 0) is 14.8 Å². The van der Waals surface area contributed by atoms with Crippen LogP contribution in [0.5, 0.6) is 0 Å². The molecular weight excluding hydrogens is 228 g/mol. The molecule has 0 heterocycles. The Bertz CT molecular complexity index is 310. The second-order valence-corrected chi connectivity index (χ2v) is 6.53. The summed E-state index contributed by atoms with van der Waals surface area (Å²) in [4.78, 5) is 0. The molecule has 0 bridgehead atoms. The Balaban J connectivity index is 2.78. The lowest BCUT2D eigenvalue weighted by atomic mass is 9.98. The van der Waals surface area contributed by atoms with Gasteiger partial charge in [0.2, 0.25) is 10.0 Å². The van der Waals surface area contributed by atoms with Crippen LogP contribution in [0.4, 0.5) is 0 Å². The van der Waals surface area contributed by atoms with Crippen molar-refractivity contribution in [3.63, 3.8) is 0 Å². The Kier molecular flexibility index (Phi) is 4.73. The first-order valence-electron chi connectivity index (χ1n) is 5.64. The number of methoxy groups -OCH3 is 1. The zero-order valence-electron chi connectivity index (χ0n) is 10.1. The first kappa shape index (κ1) is 13.9. The average Bonchev–Trinajstić information content (AvgIpc) is 2.75. The van der Waals surface area contributed by atoms with Gasteiger partial charge >= 0.3 is 0 Å². The molecule has 16 heavy (non-hydrogen) atoms. The molecule has 6 heteroatoms. The fraction of sp³-hybridized carbons (Fsp3) is 1.00. The van der Waals surface area contributed by atoms with Gasteiger partial charge in [-0.15, -0.1) is 0 Å². The number of nitrogens with zero attached hydrogens (tertiary/aromatic N) is 1. The molecule has 5 nitrogen and oxygen atoms in total. The molecule has 0 saturated heterocycles. The van der Waals surface area contributed by atoms with E-state index >= 15 is 0 Å². The summed E-state index contributed by atoms with van der Waals surface area (Å²) in [6.07, 6.45) is 3.85. The summed E-state index contributed by atoms with van der Waals surface area (Å²) in [6.45, 7) is 0.628. The maximum atomic E-state index is 12.0. The van der Waals surface area contributed by atoms with E-state index in [-0.39, 0.29) is 17.9 Å². The van der Waals surface area contributed by atoms with E-state index < -0.39 is 10.0 Å². The van der Waals surface area contributed by atoms with Crippen LogP contribution in [0, 0.1) is 0 Å². The van der Waals surface area contributed by atoms with Crippen molar-refractivity contribution in [1.29, 1.82) is 0 Å². The normalized spacial score (nSPS) is 20.5. The summed E-state index contributed by atoms with van der Waals surface area (Å²) in [5.74, 6) is 0.0295. The van der Waals surface area contributed by atoms with E-state index in [0.29, 0.717) is 6.54 Å². The molecule has 0 aromatic rings. The van der Waals surface area contributed by atoms with E-state index in [1.54, 1.807) is 7.05 Å². The molecular formula is C10H22N2O3S. The number of rotatable bonds is 6. The van der Waals surface area contributed by atoms with E-state index in [9.17, 15) is 8.42 Å². The van der Waals surface area contributed by atoms with Crippen molar-refractivity contribution in [2.45, 2.75) is 31.2 Å². The maximum absolute atomic E-state index is 12.0. The van der Waals surface area contributed by atoms with Gasteiger partial charge in [0.1, 0.15) is 0 Å². The smallest absolute Gasteiger partial charge is 0.216 e. The maximum Gasteiger partial charge on any atom is 0.216 e. The largest absolute Gasteiger partial charge is 0.384 e. The van der Waals surface area contributed by atoms with E-state index in [0.717, 1.165) is 25.7 Å². The van der Waals surface area contributed by atoms with Crippen LogP contribution < -0.4 is 5.73 Å². The highest BCUT2D eigenvalue weighted by molar-refractivity contribution is 7.89. The molecule has 0 atom stereocenters. The lowest BCUT2D eigenvalue weighted by Crippen LogP contribution is -2.53. The molecule has 0 unspecified atom stereocenters. The van der Waals surface area contributed by atoms with Gasteiger partial charge in [-0.25, -0.2) is 8.42 Å². The zero-order valence-corrected chi connectivity index (χ0v) is 10.9. The highest BCUT2D eigenvalue weighted by Gasteiger charge is 2.41. The third-order valence-corrected chi connectivity index (χ3v) is 5.45. The highest BCUT2D eigenvalue weighted by atomic mass is 32.2. The monoisotopic (exact) mass is 250 g/mol. The molecule has 2 N–H and O–H groups in total. The minimum absolute atomic E-state index is 0.0295. The standard InChI is InChI=1S/C10H22N2O3S/c1-12(16(13,14)8-7-15-2)10(9-11)5-3-4-6-10/h3-9,11H2,1-2H3. The summed E-state index contributed by atoms with van der Waals surface area (Å²) in [6, 6.07) is 0. The number of nitrogens with two attached hydrogens (primary N) is 1. The van der Waals surface area contributed by atoms with Gasteiger partial charge in [0.05, 0.1) is 12.4 Å². The number of hydrogen-bond donors (Lipinski definition) is 1. The van der Waals surface area contributed by atoms with E-state index in [2.05, 4.69) is 0 Å². The average molecular weight is 250 g/mol. The van der Waals surface area contributed by atoms with Gasteiger partial charge in [0, 0.05) is 26.2 Å². The Labute approximate surface area is 98.0 Å². The molecule has 1 aliphatic rings. The number of likely N-dealkylation sites (N-methyl/N-ethyl adjacent to an activating group) is 1. The minimum atomic E-state index is -3.25. The van der Waals surface area contributed by atoms with Crippen LogP contribution in [0.25, 0.3) is 0 Å². The first-order valence-corrected chi connectivity index (χ1v) is 7.25. The second-order valence-electron chi connectivity index (χ2n) is 4.41. The Hall–Kier alpha value is -0.170. The third kappa shape index (κ3) is 2.74. The van der Waals surface area contributed by atoms with Gasteiger partial charge in [-0.05, 0) is 12.8 Å². The molecule has 96 valence electrons. The number of sulfonamides is 1. The Morgan fingerprint density at radius 1 is 1.38 bits per heavy atom. The van der Waals surface area contributed by atoms with Gasteiger partial charge in [0.15, 0.2) is 0 Å². The lowest BCUT2D eigenvalue weighted by molar-refractivity contribution is 0.206. The van der Waals surface area contributed by atoms with E-state index in [1.165, 1.54) is 11.4 Å². The lowest BCUT2D eigenvalue weighted by Gasteiger charge is -2.36. The highest BCUT2D eigenvalue weighted by Crippen LogP contribution is 2.35. The summed E-state index contributed by atoms with van der Waals surface area (Å²) in [5.41, 5.74) is 5.40. The van der Waals surface area contributed by atoms with Crippen molar-refractivity contribution < 1.29 is 13.2 Å². The number of hydrogen-bond acceptors (Lipinski definition) is 4. The quantitative estimate of drug-likeness (QED) is 0.729. The molecule has 0 radical (unpaired) electrons. The number of ether oxygens (including phenoxy) is 1. The van der Waals surface area contributed by atoms with Gasteiger partial charge in [0.25, 0.3) is 0 Å². The topological polar surface area (TPSA) is 72.6 Å². The summed E-state index contributed by atoms with van der Waals surface area (Å²) < 4.78 is 30.4. The van der Waals surface area contributed by atoms with E-state index in [4.69, 9.17) is 10.5 Å². The second kappa shape index (κ2) is 5.44. The predicted octanol–water partition coefficient (Wildman–Crippen LogP) is 0.166. The molecule has 1 aliphatic carbocycles.